The topological polar surface area (TPSA) is 39.2 Å². The molecule has 84 valence electrons. The van der Waals surface area contributed by atoms with Crippen molar-refractivity contribution in [3.05, 3.63) is 59.5 Å². The van der Waals surface area contributed by atoms with Crippen LogP contribution in [0.3, 0.4) is 0 Å². The zero-order valence-electron chi connectivity index (χ0n) is 9.52. The summed E-state index contributed by atoms with van der Waals surface area (Å²) in [4.78, 5) is 0. The third-order valence-corrected chi connectivity index (χ3v) is 2.80. The van der Waals surface area contributed by atoms with Crippen molar-refractivity contribution in [2.45, 2.75) is 25.8 Å². The van der Waals surface area contributed by atoms with Crippen LogP contribution in [0.15, 0.2) is 47.3 Å². The first kappa shape index (κ1) is 11.0. The second kappa shape index (κ2) is 4.99. The van der Waals surface area contributed by atoms with E-state index < -0.39 is 0 Å². The molecule has 2 aromatic rings. The first-order valence-corrected chi connectivity index (χ1v) is 5.59. The van der Waals surface area contributed by atoms with Crippen molar-refractivity contribution in [1.29, 1.82) is 0 Å². The molecule has 16 heavy (non-hydrogen) atoms. The third kappa shape index (κ3) is 2.74. The van der Waals surface area contributed by atoms with Crippen LogP contribution in [0, 0.1) is 6.92 Å². The van der Waals surface area contributed by atoms with E-state index in [0.29, 0.717) is 0 Å². The van der Waals surface area contributed by atoms with Crippen LogP contribution in [0.25, 0.3) is 0 Å². The molecule has 1 unspecified atom stereocenters. The molecule has 0 aliphatic rings. The molecule has 0 saturated carbocycles. The van der Waals surface area contributed by atoms with Gasteiger partial charge in [0.2, 0.25) is 0 Å². The zero-order valence-corrected chi connectivity index (χ0v) is 9.52. The smallest absolute Gasteiger partial charge is 0.0950 e. The fourth-order valence-corrected chi connectivity index (χ4v) is 1.84. The molecule has 0 bridgehead atoms. The summed E-state index contributed by atoms with van der Waals surface area (Å²) in [6.45, 7) is 2.11. The molecule has 0 fully saturated rings. The maximum atomic E-state index is 6.07. The largest absolute Gasteiger partial charge is 0.472 e. The minimum atomic E-state index is 0.0688. The summed E-state index contributed by atoms with van der Waals surface area (Å²) >= 11 is 0. The number of aryl methyl sites for hydroxylation is 2. The van der Waals surface area contributed by atoms with Gasteiger partial charge >= 0.3 is 0 Å². The van der Waals surface area contributed by atoms with Gasteiger partial charge in [-0.2, -0.15) is 0 Å². The highest BCUT2D eigenvalue weighted by Crippen LogP contribution is 2.17. The van der Waals surface area contributed by atoms with E-state index in [-0.39, 0.29) is 6.04 Å². The van der Waals surface area contributed by atoms with E-state index in [1.807, 2.05) is 6.07 Å². The predicted octanol–water partition coefficient (Wildman–Crippen LogP) is 3.22. The molecule has 1 atom stereocenters. The molecule has 0 aliphatic heterocycles. The lowest BCUT2D eigenvalue weighted by Gasteiger charge is -2.09. The summed E-state index contributed by atoms with van der Waals surface area (Å²) in [6, 6.07) is 10.6. The van der Waals surface area contributed by atoms with Crippen LogP contribution in [0.1, 0.15) is 29.2 Å². The van der Waals surface area contributed by atoms with E-state index in [4.69, 9.17) is 10.2 Å². The standard InChI is InChI=1S/C14H17NO/c1-11-3-2-4-12(9-11)5-6-14(15)13-7-8-16-10-13/h2-4,7-10,14H,5-6,15H2,1H3. The van der Waals surface area contributed by atoms with Crippen molar-refractivity contribution in [2.75, 3.05) is 0 Å². The average Bonchev–Trinajstić information content (AvgIpc) is 2.79. The molecule has 2 nitrogen and oxygen atoms in total. The maximum Gasteiger partial charge on any atom is 0.0950 e. The number of hydrogen-bond donors (Lipinski definition) is 1. The van der Waals surface area contributed by atoms with Gasteiger partial charge in [-0.05, 0) is 31.4 Å². The molecule has 0 spiro atoms. The highest BCUT2D eigenvalue weighted by Gasteiger charge is 2.07. The lowest BCUT2D eigenvalue weighted by Crippen LogP contribution is -2.10. The van der Waals surface area contributed by atoms with Gasteiger partial charge in [0, 0.05) is 11.6 Å². The van der Waals surface area contributed by atoms with Gasteiger partial charge in [-0.1, -0.05) is 29.8 Å². The van der Waals surface area contributed by atoms with Gasteiger partial charge in [-0.3, -0.25) is 0 Å². The van der Waals surface area contributed by atoms with Crippen LogP contribution in [-0.4, -0.2) is 0 Å². The molecule has 2 N–H and O–H groups in total. The van der Waals surface area contributed by atoms with E-state index in [9.17, 15) is 0 Å². The third-order valence-electron chi connectivity index (χ3n) is 2.80. The van der Waals surface area contributed by atoms with Crippen LogP contribution >= 0.6 is 0 Å². The van der Waals surface area contributed by atoms with Gasteiger partial charge in [-0.25, -0.2) is 0 Å². The molecule has 1 aromatic carbocycles. The van der Waals surface area contributed by atoms with Gasteiger partial charge in [0.15, 0.2) is 0 Å². The monoisotopic (exact) mass is 215 g/mol. The molecule has 1 aromatic heterocycles. The lowest BCUT2D eigenvalue weighted by atomic mass is 10.0. The molecular weight excluding hydrogens is 198 g/mol. The van der Waals surface area contributed by atoms with E-state index in [1.54, 1.807) is 12.5 Å². The number of furan rings is 1. The van der Waals surface area contributed by atoms with Gasteiger partial charge in [0.05, 0.1) is 12.5 Å². The second-order valence-corrected chi connectivity index (χ2v) is 4.19. The average molecular weight is 215 g/mol. The van der Waals surface area contributed by atoms with Crippen LogP contribution in [0.4, 0.5) is 0 Å². The molecule has 2 rings (SSSR count). The van der Waals surface area contributed by atoms with Gasteiger partial charge < -0.3 is 10.2 Å². The van der Waals surface area contributed by atoms with Crippen molar-refractivity contribution >= 4 is 0 Å². The van der Waals surface area contributed by atoms with Gasteiger partial charge in [0.25, 0.3) is 0 Å². The Morgan fingerprint density at radius 2 is 2.19 bits per heavy atom. The Labute approximate surface area is 96.1 Å². The van der Waals surface area contributed by atoms with Crippen LogP contribution in [0.5, 0.6) is 0 Å². The van der Waals surface area contributed by atoms with E-state index in [2.05, 4.69) is 31.2 Å². The molecule has 2 heteroatoms. The highest BCUT2D eigenvalue weighted by atomic mass is 16.3. The Bertz CT molecular complexity index is 434. The summed E-state index contributed by atoms with van der Waals surface area (Å²) in [5.41, 5.74) is 9.79. The quantitative estimate of drug-likeness (QED) is 0.850. The lowest BCUT2D eigenvalue weighted by molar-refractivity contribution is 0.554. The van der Waals surface area contributed by atoms with Crippen molar-refractivity contribution in [2.24, 2.45) is 5.73 Å². The van der Waals surface area contributed by atoms with Crippen molar-refractivity contribution in [3.63, 3.8) is 0 Å². The highest BCUT2D eigenvalue weighted by molar-refractivity contribution is 5.22. The Hall–Kier alpha value is -1.54. The van der Waals surface area contributed by atoms with Gasteiger partial charge in [-0.15, -0.1) is 0 Å². The van der Waals surface area contributed by atoms with Gasteiger partial charge in [0.1, 0.15) is 0 Å². The van der Waals surface area contributed by atoms with E-state index in [0.717, 1.165) is 18.4 Å². The van der Waals surface area contributed by atoms with Crippen LogP contribution in [-0.2, 0) is 6.42 Å². The first-order valence-electron chi connectivity index (χ1n) is 5.59. The molecule has 0 radical (unpaired) electrons. The minimum absolute atomic E-state index is 0.0688. The molecule has 1 heterocycles. The Morgan fingerprint density at radius 1 is 1.31 bits per heavy atom. The van der Waals surface area contributed by atoms with Crippen LogP contribution < -0.4 is 5.73 Å². The Kier molecular flexibility index (Phi) is 3.42. The van der Waals surface area contributed by atoms with Crippen molar-refractivity contribution < 1.29 is 4.42 Å². The van der Waals surface area contributed by atoms with E-state index >= 15 is 0 Å². The Morgan fingerprint density at radius 3 is 2.88 bits per heavy atom. The fraction of sp³-hybridized carbons (Fsp3) is 0.286. The first-order chi connectivity index (χ1) is 7.75. The summed E-state index contributed by atoms with van der Waals surface area (Å²) < 4.78 is 5.03. The molecular formula is C14H17NO. The summed E-state index contributed by atoms with van der Waals surface area (Å²) in [5, 5.41) is 0. The maximum absolute atomic E-state index is 6.07. The molecule has 0 amide bonds. The van der Waals surface area contributed by atoms with Crippen molar-refractivity contribution in [3.8, 4) is 0 Å². The van der Waals surface area contributed by atoms with Crippen molar-refractivity contribution in [1.82, 2.24) is 0 Å². The fourth-order valence-electron chi connectivity index (χ4n) is 1.84. The van der Waals surface area contributed by atoms with E-state index in [1.165, 1.54) is 11.1 Å². The number of benzene rings is 1. The summed E-state index contributed by atoms with van der Waals surface area (Å²) in [7, 11) is 0. The summed E-state index contributed by atoms with van der Waals surface area (Å²) in [6.07, 6.45) is 5.35. The zero-order chi connectivity index (χ0) is 11.4. The second-order valence-electron chi connectivity index (χ2n) is 4.19. The number of nitrogens with two attached hydrogens (primary N) is 1. The minimum Gasteiger partial charge on any atom is -0.472 e. The summed E-state index contributed by atoms with van der Waals surface area (Å²) in [5.74, 6) is 0. The Balaban J connectivity index is 1.92. The number of hydrogen-bond acceptors (Lipinski definition) is 2. The molecule has 0 aliphatic carbocycles. The SMILES string of the molecule is Cc1cccc(CCC(N)c2ccoc2)c1. The number of rotatable bonds is 4. The normalized spacial score (nSPS) is 12.6. The molecule has 0 saturated heterocycles. The van der Waals surface area contributed by atoms with Crippen LogP contribution in [0.2, 0.25) is 0 Å². The predicted molar refractivity (Wildman–Crippen MR) is 65.1 cm³/mol.